The van der Waals surface area contributed by atoms with Crippen LogP contribution in [0.1, 0.15) is 29.7 Å². The normalized spacial score (nSPS) is 18.8. The van der Waals surface area contributed by atoms with E-state index in [-0.39, 0.29) is 16.7 Å². The zero-order chi connectivity index (χ0) is 20.8. The van der Waals surface area contributed by atoms with Crippen molar-refractivity contribution >= 4 is 39.2 Å². The first kappa shape index (κ1) is 19.6. The topological polar surface area (TPSA) is 64.4 Å². The quantitative estimate of drug-likeness (QED) is 0.578. The zero-order valence-electron chi connectivity index (χ0n) is 17.0. The first-order chi connectivity index (χ1) is 14.6. The molecule has 5 rings (SSSR count). The number of benzene rings is 1. The summed E-state index contributed by atoms with van der Waals surface area (Å²) in [5.41, 5.74) is 1.76. The second kappa shape index (κ2) is 7.74. The number of aryl methyl sites for hydroxylation is 2. The molecule has 1 unspecified atom stereocenters. The third-order valence-corrected chi connectivity index (χ3v) is 8.30. The van der Waals surface area contributed by atoms with Gasteiger partial charge >= 0.3 is 0 Å². The lowest BCUT2D eigenvalue weighted by Crippen LogP contribution is -2.26. The third-order valence-electron chi connectivity index (χ3n) is 5.91. The monoisotopic (exact) mass is 441 g/mol. The average Bonchev–Trinajstić information content (AvgIpc) is 3.29. The van der Waals surface area contributed by atoms with E-state index in [9.17, 15) is 9.59 Å². The Kier molecular flexibility index (Phi) is 5.06. The van der Waals surface area contributed by atoms with Crippen LogP contribution in [0.2, 0.25) is 0 Å². The second-order valence-electron chi connectivity index (χ2n) is 7.75. The molecule has 0 saturated carbocycles. The number of thiophene rings is 1. The Morgan fingerprint density at radius 3 is 2.77 bits per heavy atom. The number of carbonyl (C=O) groups excluding carboxylic acids is 1. The van der Waals surface area contributed by atoms with Crippen LogP contribution in [0.5, 0.6) is 5.75 Å². The number of fused-ring (bicyclic) bond motifs is 3. The number of ether oxygens (including phenoxy) is 1. The molecule has 0 radical (unpaired) electrons. The van der Waals surface area contributed by atoms with Gasteiger partial charge in [0.25, 0.3) is 5.56 Å². The van der Waals surface area contributed by atoms with E-state index < -0.39 is 0 Å². The van der Waals surface area contributed by atoms with E-state index in [0.717, 1.165) is 54.4 Å². The summed E-state index contributed by atoms with van der Waals surface area (Å²) < 4.78 is 7.21. The molecule has 3 aromatic rings. The summed E-state index contributed by atoms with van der Waals surface area (Å²) in [6.45, 7) is 0.727. The fraction of sp³-hybridized carbons (Fsp3) is 0.409. The molecule has 1 fully saturated rings. The van der Waals surface area contributed by atoms with Gasteiger partial charge < -0.3 is 9.64 Å². The van der Waals surface area contributed by atoms with Crippen molar-refractivity contribution in [2.45, 2.75) is 42.5 Å². The highest BCUT2D eigenvalue weighted by Gasteiger charge is 2.32. The van der Waals surface area contributed by atoms with Gasteiger partial charge in [0.2, 0.25) is 5.91 Å². The molecule has 8 heteroatoms. The molecule has 0 spiro atoms. The van der Waals surface area contributed by atoms with Crippen LogP contribution in [-0.2, 0) is 17.6 Å². The summed E-state index contributed by atoms with van der Waals surface area (Å²) in [5.74, 6) is 0.702. The molecule has 30 heavy (non-hydrogen) atoms. The second-order valence-corrected chi connectivity index (χ2v) is 10.0. The van der Waals surface area contributed by atoms with E-state index >= 15 is 0 Å². The van der Waals surface area contributed by atoms with E-state index in [0.29, 0.717) is 16.6 Å². The van der Waals surface area contributed by atoms with Crippen molar-refractivity contribution in [2.24, 2.45) is 0 Å². The Morgan fingerprint density at radius 2 is 2.00 bits per heavy atom. The van der Waals surface area contributed by atoms with E-state index in [2.05, 4.69) is 0 Å². The van der Waals surface area contributed by atoms with E-state index in [1.165, 1.54) is 16.6 Å². The number of amides is 1. The van der Waals surface area contributed by atoms with Gasteiger partial charge in [-0.05, 0) is 49.8 Å². The standard InChI is InChI=1S/C22H23N3O3S2/c1-24-12-11-17(20(24)26)30-22-23-19-18(13-7-3-6-10-16(13)29-19)21(27)25(22)14-8-4-5-9-15(14)28-2/h4-5,8-9,17H,3,6-7,10-12H2,1-2H3. The number of thioether (sulfide) groups is 1. The Balaban J connectivity index is 1.75. The predicted octanol–water partition coefficient (Wildman–Crippen LogP) is 3.66. The molecule has 1 saturated heterocycles. The molecule has 3 heterocycles. The first-order valence-corrected chi connectivity index (χ1v) is 11.9. The van der Waals surface area contributed by atoms with Gasteiger partial charge in [-0.1, -0.05) is 23.9 Å². The first-order valence-electron chi connectivity index (χ1n) is 10.2. The van der Waals surface area contributed by atoms with Gasteiger partial charge in [0.05, 0.1) is 23.4 Å². The third kappa shape index (κ3) is 3.13. The molecule has 0 N–H and O–H groups in total. The molecule has 2 aromatic heterocycles. The van der Waals surface area contributed by atoms with Crippen LogP contribution in [0.4, 0.5) is 0 Å². The molecule has 0 bridgehead atoms. The van der Waals surface area contributed by atoms with E-state index in [4.69, 9.17) is 9.72 Å². The van der Waals surface area contributed by atoms with Crippen molar-refractivity contribution in [3.8, 4) is 11.4 Å². The van der Waals surface area contributed by atoms with Crippen LogP contribution in [0.25, 0.3) is 15.9 Å². The van der Waals surface area contributed by atoms with Crippen molar-refractivity contribution in [1.29, 1.82) is 0 Å². The van der Waals surface area contributed by atoms with Gasteiger partial charge in [0.1, 0.15) is 10.6 Å². The molecule has 2 aliphatic rings. The minimum Gasteiger partial charge on any atom is -0.495 e. The van der Waals surface area contributed by atoms with Gasteiger partial charge in [-0.2, -0.15) is 0 Å². The minimum absolute atomic E-state index is 0.0646. The van der Waals surface area contributed by atoms with Gasteiger partial charge in [-0.15, -0.1) is 11.3 Å². The lowest BCUT2D eigenvalue weighted by molar-refractivity contribution is -0.126. The van der Waals surface area contributed by atoms with Crippen LogP contribution in [0.15, 0.2) is 34.2 Å². The summed E-state index contributed by atoms with van der Waals surface area (Å²) in [4.78, 5) is 35.1. The number of nitrogens with zero attached hydrogens (tertiary/aromatic N) is 3. The lowest BCUT2D eigenvalue weighted by atomic mass is 9.97. The maximum atomic E-state index is 13.8. The molecule has 156 valence electrons. The summed E-state index contributed by atoms with van der Waals surface area (Å²) in [6.07, 6.45) is 4.95. The van der Waals surface area contributed by atoms with Gasteiger partial charge in [-0.25, -0.2) is 4.98 Å². The summed E-state index contributed by atoms with van der Waals surface area (Å²) in [5, 5.41) is 1.07. The number of carbonyl (C=O) groups is 1. The number of methoxy groups -OCH3 is 1. The van der Waals surface area contributed by atoms with Crippen LogP contribution in [-0.4, -0.2) is 46.3 Å². The molecule has 1 aromatic carbocycles. The van der Waals surface area contributed by atoms with Crippen LogP contribution in [0.3, 0.4) is 0 Å². The van der Waals surface area contributed by atoms with Crippen LogP contribution in [0, 0.1) is 0 Å². The number of para-hydroxylation sites is 2. The molecule has 1 aliphatic heterocycles. The minimum atomic E-state index is -0.227. The molecule has 1 atom stereocenters. The van der Waals surface area contributed by atoms with Gasteiger partial charge in [0, 0.05) is 18.5 Å². The summed E-state index contributed by atoms with van der Waals surface area (Å²) in [7, 11) is 3.42. The summed E-state index contributed by atoms with van der Waals surface area (Å²) in [6, 6.07) is 7.49. The fourth-order valence-corrected chi connectivity index (χ4v) is 6.82. The molecular formula is C22H23N3O3S2. The number of hydrogen-bond acceptors (Lipinski definition) is 6. The number of aromatic nitrogens is 2. The predicted molar refractivity (Wildman–Crippen MR) is 120 cm³/mol. The highest BCUT2D eigenvalue weighted by atomic mass is 32.2. The fourth-order valence-electron chi connectivity index (χ4n) is 4.32. The molecule has 1 amide bonds. The Morgan fingerprint density at radius 1 is 1.20 bits per heavy atom. The number of rotatable bonds is 4. The number of likely N-dealkylation sites (tertiary alicyclic amines) is 1. The van der Waals surface area contributed by atoms with Crippen LogP contribution >= 0.6 is 23.1 Å². The Labute approximate surface area is 182 Å². The maximum Gasteiger partial charge on any atom is 0.267 e. The van der Waals surface area contributed by atoms with E-state index in [1.807, 2.05) is 31.3 Å². The Hall–Kier alpha value is -2.32. The van der Waals surface area contributed by atoms with Gasteiger partial charge in [-0.3, -0.25) is 14.2 Å². The van der Waals surface area contributed by atoms with Crippen molar-refractivity contribution in [1.82, 2.24) is 14.5 Å². The van der Waals surface area contributed by atoms with Crippen molar-refractivity contribution in [3.63, 3.8) is 0 Å². The number of hydrogen-bond donors (Lipinski definition) is 0. The van der Waals surface area contributed by atoms with Crippen molar-refractivity contribution in [2.75, 3.05) is 20.7 Å². The lowest BCUT2D eigenvalue weighted by Gasteiger charge is -2.17. The van der Waals surface area contributed by atoms with E-state index in [1.54, 1.807) is 27.9 Å². The van der Waals surface area contributed by atoms with Gasteiger partial charge in [0.15, 0.2) is 5.16 Å². The maximum absolute atomic E-state index is 13.8. The average molecular weight is 442 g/mol. The van der Waals surface area contributed by atoms with Crippen LogP contribution < -0.4 is 10.3 Å². The largest absolute Gasteiger partial charge is 0.495 e. The Bertz CT molecular complexity index is 1200. The highest BCUT2D eigenvalue weighted by Crippen LogP contribution is 2.37. The zero-order valence-corrected chi connectivity index (χ0v) is 18.6. The SMILES string of the molecule is COc1ccccc1-n1c(SC2CCN(C)C2=O)nc2sc3c(c2c1=O)CCCC3. The highest BCUT2D eigenvalue weighted by molar-refractivity contribution is 8.00. The van der Waals surface area contributed by atoms with Crippen molar-refractivity contribution < 1.29 is 9.53 Å². The van der Waals surface area contributed by atoms with Crippen molar-refractivity contribution in [3.05, 3.63) is 45.1 Å². The smallest absolute Gasteiger partial charge is 0.267 e. The molecular weight excluding hydrogens is 418 g/mol. The molecule has 1 aliphatic carbocycles. The summed E-state index contributed by atoms with van der Waals surface area (Å²) >= 11 is 3.03. The molecule has 6 nitrogen and oxygen atoms in total.